The van der Waals surface area contributed by atoms with Gasteiger partial charge in [0.25, 0.3) is 0 Å². The first-order valence-electron chi connectivity index (χ1n) is 9.57. The van der Waals surface area contributed by atoms with E-state index in [1.54, 1.807) is 30.3 Å². The quantitative estimate of drug-likeness (QED) is 0.747. The van der Waals surface area contributed by atoms with Gasteiger partial charge in [0.05, 0.1) is 18.0 Å². The molecule has 0 saturated carbocycles. The average Bonchev–Trinajstić information content (AvgIpc) is 2.70. The lowest BCUT2D eigenvalue weighted by Crippen LogP contribution is -2.44. The van der Waals surface area contributed by atoms with Crippen molar-refractivity contribution < 1.29 is 17.6 Å². The fourth-order valence-corrected chi connectivity index (χ4v) is 4.72. The van der Waals surface area contributed by atoms with Crippen molar-refractivity contribution in [2.75, 3.05) is 26.4 Å². The van der Waals surface area contributed by atoms with E-state index >= 15 is 0 Å². The molecule has 0 spiro atoms. The molecule has 0 N–H and O–H groups in total. The number of rotatable bonds is 5. The number of carbonyl (C=O) groups is 1. The van der Waals surface area contributed by atoms with E-state index in [4.69, 9.17) is 0 Å². The number of carbonyl (C=O) groups excluding carboxylic acids is 1. The predicted octanol–water partition coefficient (Wildman–Crippen LogP) is 2.75. The standard InChI is InChI=1S/C21H26FN3O3S/c1-15-5-4-12-23-19(15)20(16-6-8-18(22)9-7-16)24(2)21(26)17-10-13-25(14-11-17)29(3,27)28/h4-9,12,17,20H,10-11,13-14H2,1-3H3. The van der Waals surface area contributed by atoms with Crippen LogP contribution in [0.1, 0.15) is 35.7 Å². The van der Waals surface area contributed by atoms with Gasteiger partial charge in [-0.05, 0) is 49.1 Å². The highest BCUT2D eigenvalue weighted by molar-refractivity contribution is 7.88. The summed E-state index contributed by atoms with van der Waals surface area (Å²) in [5.41, 5.74) is 2.45. The molecular weight excluding hydrogens is 393 g/mol. The smallest absolute Gasteiger partial charge is 0.226 e. The van der Waals surface area contributed by atoms with Crippen molar-refractivity contribution in [2.24, 2.45) is 5.92 Å². The fraction of sp³-hybridized carbons (Fsp3) is 0.429. The summed E-state index contributed by atoms with van der Waals surface area (Å²) >= 11 is 0. The molecule has 3 rings (SSSR count). The topological polar surface area (TPSA) is 70.6 Å². The molecule has 1 amide bonds. The summed E-state index contributed by atoms with van der Waals surface area (Å²) < 4.78 is 38.3. The second-order valence-corrected chi connectivity index (χ2v) is 9.53. The van der Waals surface area contributed by atoms with Crippen LogP contribution in [0.5, 0.6) is 0 Å². The van der Waals surface area contributed by atoms with Gasteiger partial charge in [0.1, 0.15) is 5.82 Å². The first-order valence-corrected chi connectivity index (χ1v) is 11.4. The van der Waals surface area contributed by atoms with Gasteiger partial charge in [0.2, 0.25) is 15.9 Å². The van der Waals surface area contributed by atoms with Crippen LogP contribution in [0.15, 0.2) is 42.6 Å². The second-order valence-electron chi connectivity index (χ2n) is 7.55. The van der Waals surface area contributed by atoms with Crippen molar-refractivity contribution in [3.05, 3.63) is 65.2 Å². The molecule has 2 heterocycles. The molecule has 1 atom stereocenters. The first-order chi connectivity index (χ1) is 13.7. The van der Waals surface area contributed by atoms with Crippen LogP contribution in [0, 0.1) is 18.7 Å². The molecule has 156 valence electrons. The molecule has 1 aliphatic heterocycles. The van der Waals surface area contributed by atoms with Crippen molar-refractivity contribution in [2.45, 2.75) is 25.8 Å². The normalized spacial score (nSPS) is 17.1. The Morgan fingerprint density at radius 2 is 1.83 bits per heavy atom. The third-order valence-electron chi connectivity index (χ3n) is 5.50. The number of nitrogens with zero attached hydrogens (tertiary/aromatic N) is 3. The second kappa shape index (κ2) is 8.59. The lowest BCUT2D eigenvalue weighted by atomic mass is 9.93. The summed E-state index contributed by atoms with van der Waals surface area (Å²) in [6.07, 6.45) is 3.83. The Bertz CT molecular complexity index is 971. The Balaban J connectivity index is 1.87. The minimum Gasteiger partial charge on any atom is -0.333 e. The van der Waals surface area contributed by atoms with E-state index in [-0.39, 0.29) is 17.6 Å². The third kappa shape index (κ3) is 4.82. The van der Waals surface area contributed by atoms with E-state index in [0.29, 0.717) is 25.9 Å². The number of piperidine rings is 1. The van der Waals surface area contributed by atoms with Gasteiger partial charge in [0.15, 0.2) is 0 Å². The summed E-state index contributed by atoms with van der Waals surface area (Å²) in [7, 11) is -1.51. The highest BCUT2D eigenvalue weighted by Gasteiger charge is 2.34. The maximum absolute atomic E-state index is 13.5. The van der Waals surface area contributed by atoms with Crippen LogP contribution in [-0.2, 0) is 14.8 Å². The molecule has 0 bridgehead atoms. The molecule has 1 aliphatic rings. The highest BCUT2D eigenvalue weighted by Crippen LogP contribution is 2.31. The molecule has 0 aliphatic carbocycles. The number of halogens is 1. The van der Waals surface area contributed by atoms with Crippen LogP contribution in [0.4, 0.5) is 4.39 Å². The van der Waals surface area contributed by atoms with Crippen molar-refractivity contribution in [1.82, 2.24) is 14.2 Å². The number of aromatic nitrogens is 1. The molecule has 1 saturated heterocycles. The lowest BCUT2D eigenvalue weighted by Gasteiger charge is -2.35. The van der Waals surface area contributed by atoms with Gasteiger partial charge in [-0.15, -0.1) is 0 Å². The summed E-state index contributed by atoms with van der Waals surface area (Å²) in [5.74, 6) is -0.658. The van der Waals surface area contributed by atoms with Crippen molar-refractivity contribution >= 4 is 15.9 Å². The molecule has 2 aromatic rings. The summed E-state index contributed by atoms with van der Waals surface area (Å²) in [5, 5.41) is 0. The first kappa shape index (κ1) is 21.4. The molecule has 6 nitrogen and oxygen atoms in total. The maximum Gasteiger partial charge on any atom is 0.226 e. The molecule has 1 aromatic carbocycles. The largest absolute Gasteiger partial charge is 0.333 e. The predicted molar refractivity (Wildman–Crippen MR) is 109 cm³/mol. The SMILES string of the molecule is Cc1cccnc1C(c1ccc(F)cc1)N(C)C(=O)C1CCN(S(C)(=O)=O)CC1. The minimum absolute atomic E-state index is 0.0578. The third-order valence-corrected chi connectivity index (χ3v) is 6.80. The van der Waals surface area contributed by atoms with Crippen LogP contribution in [0.2, 0.25) is 0 Å². The molecule has 1 unspecified atom stereocenters. The Hall–Kier alpha value is -2.32. The van der Waals surface area contributed by atoms with Gasteiger partial charge in [-0.3, -0.25) is 9.78 Å². The zero-order valence-corrected chi connectivity index (χ0v) is 17.7. The number of aryl methyl sites for hydroxylation is 1. The number of amides is 1. The average molecular weight is 420 g/mol. The Labute approximate surface area is 171 Å². The van der Waals surface area contributed by atoms with E-state index in [1.165, 1.54) is 22.7 Å². The van der Waals surface area contributed by atoms with E-state index in [9.17, 15) is 17.6 Å². The summed E-state index contributed by atoms with van der Waals surface area (Å²) in [6.45, 7) is 2.61. The zero-order chi connectivity index (χ0) is 21.2. The number of hydrogen-bond acceptors (Lipinski definition) is 4. The van der Waals surface area contributed by atoms with E-state index in [0.717, 1.165) is 16.8 Å². The highest BCUT2D eigenvalue weighted by atomic mass is 32.2. The van der Waals surface area contributed by atoms with Crippen molar-refractivity contribution in [3.8, 4) is 0 Å². The molecule has 0 radical (unpaired) electrons. The van der Waals surface area contributed by atoms with Crippen molar-refractivity contribution in [3.63, 3.8) is 0 Å². The van der Waals surface area contributed by atoms with Crippen molar-refractivity contribution in [1.29, 1.82) is 0 Å². The van der Waals surface area contributed by atoms with Crippen LogP contribution < -0.4 is 0 Å². The van der Waals surface area contributed by atoms with Gasteiger partial charge in [-0.25, -0.2) is 17.1 Å². The number of hydrogen-bond donors (Lipinski definition) is 0. The fourth-order valence-electron chi connectivity index (χ4n) is 3.84. The van der Waals surface area contributed by atoms with Crippen LogP contribution >= 0.6 is 0 Å². The molecule has 8 heteroatoms. The van der Waals surface area contributed by atoms with Gasteiger partial charge in [-0.2, -0.15) is 0 Å². The van der Waals surface area contributed by atoms with Gasteiger partial charge in [0, 0.05) is 32.3 Å². The number of benzene rings is 1. The van der Waals surface area contributed by atoms with Crippen LogP contribution in [0.3, 0.4) is 0 Å². The Morgan fingerprint density at radius 1 is 1.21 bits per heavy atom. The summed E-state index contributed by atoms with van der Waals surface area (Å²) in [4.78, 5) is 19.4. The van der Waals surface area contributed by atoms with Gasteiger partial charge < -0.3 is 4.90 Å². The molecule has 1 fully saturated rings. The van der Waals surface area contributed by atoms with E-state index in [2.05, 4.69) is 4.98 Å². The monoisotopic (exact) mass is 419 g/mol. The molecular formula is C21H26FN3O3S. The Kier molecular flexibility index (Phi) is 6.33. The number of sulfonamides is 1. The number of pyridine rings is 1. The van der Waals surface area contributed by atoms with Gasteiger partial charge >= 0.3 is 0 Å². The van der Waals surface area contributed by atoms with Gasteiger partial charge in [-0.1, -0.05) is 18.2 Å². The zero-order valence-electron chi connectivity index (χ0n) is 16.9. The van der Waals surface area contributed by atoms with Crippen LogP contribution in [-0.4, -0.2) is 54.9 Å². The lowest BCUT2D eigenvalue weighted by molar-refractivity contribution is -0.137. The van der Waals surface area contributed by atoms with E-state index in [1.807, 2.05) is 19.1 Å². The summed E-state index contributed by atoms with van der Waals surface area (Å²) in [6, 6.07) is 9.42. The molecule has 1 aromatic heterocycles. The molecule has 29 heavy (non-hydrogen) atoms. The maximum atomic E-state index is 13.5. The van der Waals surface area contributed by atoms with E-state index < -0.39 is 16.1 Å². The Morgan fingerprint density at radius 3 is 2.38 bits per heavy atom. The van der Waals surface area contributed by atoms with Crippen LogP contribution in [0.25, 0.3) is 0 Å². The minimum atomic E-state index is -3.24.